The highest BCUT2D eigenvalue weighted by atomic mass is 16.5. The first kappa shape index (κ1) is 13.4. The van der Waals surface area contributed by atoms with E-state index >= 15 is 0 Å². The first-order valence-corrected chi connectivity index (χ1v) is 7.09. The van der Waals surface area contributed by atoms with Crippen molar-refractivity contribution < 1.29 is 4.74 Å². The SMILES string of the molecule is CNCc1ccc(OC2CCC(C)C(C)C2)cc1. The molecule has 0 spiro atoms. The van der Waals surface area contributed by atoms with Crippen LogP contribution in [0.25, 0.3) is 0 Å². The largest absolute Gasteiger partial charge is 0.490 e. The fraction of sp³-hybridized carbons (Fsp3) is 0.625. The number of rotatable bonds is 4. The lowest BCUT2D eigenvalue weighted by Crippen LogP contribution is -2.28. The van der Waals surface area contributed by atoms with Gasteiger partial charge in [0.15, 0.2) is 0 Å². The Bertz CT molecular complexity index is 360. The summed E-state index contributed by atoms with van der Waals surface area (Å²) in [5, 5.41) is 3.15. The van der Waals surface area contributed by atoms with Crippen molar-refractivity contribution in [1.82, 2.24) is 5.32 Å². The van der Waals surface area contributed by atoms with Crippen LogP contribution in [-0.2, 0) is 6.54 Å². The van der Waals surface area contributed by atoms with E-state index in [1.54, 1.807) is 0 Å². The summed E-state index contributed by atoms with van der Waals surface area (Å²) in [5.74, 6) is 2.65. The first-order valence-electron chi connectivity index (χ1n) is 7.09. The maximum atomic E-state index is 6.09. The summed E-state index contributed by atoms with van der Waals surface area (Å²) in [6, 6.07) is 8.46. The van der Waals surface area contributed by atoms with Crippen LogP contribution in [0.3, 0.4) is 0 Å². The Morgan fingerprint density at radius 1 is 1.11 bits per heavy atom. The highest BCUT2D eigenvalue weighted by Crippen LogP contribution is 2.31. The van der Waals surface area contributed by atoms with Crippen molar-refractivity contribution in [2.45, 2.75) is 45.8 Å². The van der Waals surface area contributed by atoms with E-state index in [1.165, 1.54) is 24.8 Å². The molecule has 18 heavy (non-hydrogen) atoms. The molecule has 0 saturated heterocycles. The van der Waals surface area contributed by atoms with Crippen LogP contribution >= 0.6 is 0 Å². The Balaban J connectivity index is 1.89. The van der Waals surface area contributed by atoms with Gasteiger partial charge in [0.25, 0.3) is 0 Å². The van der Waals surface area contributed by atoms with Crippen LogP contribution in [0.1, 0.15) is 38.7 Å². The summed E-state index contributed by atoms with van der Waals surface area (Å²) >= 11 is 0. The van der Waals surface area contributed by atoms with Crippen LogP contribution in [0, 0.1) is 11.8 Å². The zero-order valence-corrected chi connectivity index (χ0v) is 11.8. The Labute approximate surface area is 111 Å². The lowest BCUT2D eigenvalue weighted by atomic mass is 9.80. The van der Waals surface area contributed by atoms with Crippen molar-refractivity contribution in [3.8, 4) is 5.75 Å². The van der Waals surface area contributed by atoms with Crippen LogP contribution in [0.4, 0.5) is 0 Å². The van der Waals surface area contributed by atoms with Gasteiger partial charge < -0.3 is 10.1 Å². The van der Waals surface area contributed by atoms with E-state index in [1.807, 2.05) is 7.05 Å². The summed E-state index contributed by atoms with van der Waals surface area (Å²) < 4.78 is 6.09. The molecule has 1 fully saturated rings. The van der Waals surface area contributed by atoms with Crippen LogP contribution in [0.15, 0.2) is 24.3 Å². The third kappa shape index (κ3) is 3.49. The van der Waals surface area contributed by atoms with Crippen LogP contribution in [-0.4, -0.2) is 13.2 Å². The Kier molecular flexibility index (Phi) is 4.65. The van der Waals surface area contributed by atoms with E-state index in [2.05, 4.69) is 43.4 Å². The van der Waals surface area contributed by atoms with Crippen LogP contribution in [0.2, 0.25) is 0 Å². The number of nitrogens with one attached hydrogen (secondary N) is 1. The van der Waals surface area contributed by atoms with Crippen LogP contribution < -0.4 is 10.1 Å². The van der Waals surface area contributed by atoms with Crippen molar-refractivity contribution in [3.05, 3.63) is 29.8 Å². The van der Waals surface area contributed by atoms with E-state index in [0.29, 0.717) is 6.10 Å². The molecule has 1 saturated carbocycles. The lowest BCUT2D eigenvalue weighted by Gasteiger charge is -2.32. The van der Waals surface area contributed by atoms with Crippen molar-refractivity contribution in [2.24, 2.45) is 11.8 Å². The van der Waals surface area contributed by atoms with Gasteiger partial charge in [0.1, 0.15) is 5.75 Å². The van der Waals surface area contributed by atoms with Gasteiger partial charge in [-0.25, -0.2) is 0 Å². The van der Waals surface area contributed by atoms with Gasteiger partial charge >= 0.3 is 0 Å². The average molecular weight is 247 g/mol. The molecule has 0 aromatic heterocycles. The van der Waals surface area contributed by atoms with Gasteiger partial charge in [0, 0.05) is 6.54 Å². The maximum absolute atomic E-state index is 6.09. The maximum Gasteiger partial charge on any atom is 0.119 e. The zero-order valence-electron chi connectivity index (χ0n) is 11.8. The van der Waals surface area contributed by atoms with E-state index in [0.717, 1.165) is 24.1 Å². The Morgan fingerprint density at radius 2 is 1.83 bits per heavy atom. The summed E-state index contributed by atoms with van der Waals surface area (Å²) in [4.78, 5) is 0. The standard InChI is InChI=1S/C16H25NO/c1-12-4-7-16(10-13(12)2)18-15-8-5-14(6-9-15)11-17-3/h5-6,8-9,12-13,16-17H,4,7,10-11H2,1-3H3. The minimum atomic E-state index is 0.409. The molecule has 0 aliphatic heterocycles. The van der Waals surface area contributed by atoms with Crippen molar-refractivity contribution >= 4 is 0 Å². The van der Waals surface area contributed by atoms with Gasteiger partial charge in [-0.15, -0.1) is 0 Å². The third-order valence-corrected chi connectivity index (χ3v) is 4.16. The van der Waals surface area contributed by atoms with Gasteiger partial charge in [-0.05, 0) is 55.8 Å². The second-order valence-corrected chi connectivity index (χ2v) is 5.68. The molecule has 2 nitrogen and oxygen atoms in total. The predicted octanol–water partition coefficient (Wildman–Crippen LogP) is 3.61. The molecule has 1 aromatic rings. The summed E-state index contributed by atoms with van der Waals surface area (Å²) in [7, 11) is 1.97. The highest BCUT2D eigenvalue weighted by molar-refractivity contribution is 5.27. The van der Waals surface area contributed by atoms with Crippen molar-refractivity contribution in [3.63, 3.8) is 0 Å². The van der Waals surface area contributed by atoms with Gasteiger partial charge in [0.2, 0.25) is 0 Å². The molecule has 100 valence electrons. The molecular weight excluding hydrogens is 222 g/mol. The molecule has 1 aromatic carbocycles. The summed E-state index contributed by atoms with van der Waals surface area (Å²) in [6.07, 6.45) is 4.10. The topological polar surface area (TPSA) is 21.3 Å². The van der Waals surface area contributed by atoms with Crippen molar-refractivity contribution in [2.75, 3.05) is 7.05 Å². The number of hydrogen-bond acceptors (Lipinski definition) is 2. The molecule has 3 unspecified atom stereocenters. The predicted molar refractivity (Wildman–Crippen MR) is 75.8 cm³/mol. The Hall–Kier alpha value is -1.02. The number of ether oxygens (including phenoxy) is 1. The second kappa shape index (κ2) is 6.24. The molecular formula is C16H25NO. The molecule has 0 heterocycles. The molecule has 2 heteroatoms. The van der Waals surface area contributed by atoms with Gasteiger partial charge in [0.05, 0.1) is 6.10 Å². The molecule has 0 amide bonds. The third-order valence-electron chi connectivity index (χ3n) is 4.16. The molecule has 3 atom stereocenters. The minimum Gasteiger partial charge on any atom is -0.490 e. The smallest absolute Gasteiger partial charge is 0.119 e. The molecule has 1 aliphatic rings. The summed E-state index contributed by atoms with van der Waals surface area (Å²) in [5.41, 5.74) is 1.30. The first-order chi connectivity index (χ1) is 8.69. The molecule has 0 bridgehead atoms. The van der Waals surface area contributed by atoms with Gasteiger partial charge in [-0.1, -0.05) is 26.0 Å². The lowest BCUT2D eigenvalue weighted by molar-refractivity contribution is 0.101. The Morgan fingerprint density at radius 3 is 2.44 bits per heavy atom. The van der Waals surface area contributed by atoms with E-state index < -0.39 is 0 Å². The van der Waals surface area contributed by atoms with Gasteiger partial charge in [-0.3, -0.25) is 0 Å². The normalized spacial score (nSPS) is 28.1. The summed E-state index contributed by atoms with van der Waals surface area (Å²) in [6.45, 7) is 5.61. The number of hydrogen-bond donors (Lipinski definition) is 1. The minimum absolute atomic E-state index is 0.409. The zero-order chi connectivity index (χ0) is 13.0. The molecule has 1 aliphatic carbocycles. The fourth-order valence-corrected chi connectivity index (χ4v) is 2.69. The van der Waals surface area contributed by atoms with E-state index in [-0.39, 0.29) is 0 Å². The van der Waals surface area contributed by atoms with E-state index in [9.17, 15) is 0 Å². The highest BCUT2D eigenvalue weighted by Gasteiger charge is 2.25. The number of benzene rings is 1. The monoisotopic (exact) mass is 247 g/mol. The molecule has 0 radical (unpaired) electrons. The van der Waals surface area contributed by atoms with Gasteiger partial charge in [-0.2, -0.15) is 0 Å². The quantitative estimate of drug-likeness (QED) is 0.877. The van der Waals surface area contributed by atoms with E-state index in [4.69, 9.17) is 4.74 Å². The molecule has 1 N–H and O–H groups in total. The fourth-order valence-electron chi connectivity index (χ4n) is 2.69. The van der Waals surface area contributed by atoms with Crippen molar-refractivity contribution in [1.29, 1.82) is 0 Å². The van der Waals surface area contributed by atoms with Crippen LogP contribution in [0.5, 0.6) is 5.75 Å². The second-order valence-electron chi connectivity index (χ2n) is 5.68. The molecule has 2 rings (SSSR count). The average Bonchev–Trinajstić information content (AvgIpc) is 2.37.